The number of ketones is 3. The standard InChI is InChI=1S/C29H28N4O9/c1-11-18(14-8-10-17(40-4)27(41-5)24(14)35)19(30)22(33-20(11)29(38)39)16-9-7-15-21(32-16)26(37)23(28(42-6)25(15)36)31-12(2)13(3)34/h7-10,12,31,35H,30H2,1-6H3,(H,38,39). The van der Waals surface area contributed by atoms with Crippen LogP contribution in [0.1, 0.15) is 50.7 Å². The van der Waals surface area contributed by atoms with Crippen LogP contribution in [0.4, 0.5) is 5.69 Å². The Morgan fingerprint density at radius 2 is 1.62 bits per heavy atom. The molecule has 0 saturated heterocycles. The van der Waals surface area contributed by atoms with E-state index in [2.05, 4.69) is 15.3 Å². The number of aromatic carboxylic acids is 1. The van der Waals surface area contributed by atoms with Gasteiger partial charge in [0, 0.05) is 11.1 Å². The molecule has 218 valence electrons. The van der Waals surface area contributed by atoms with Gasteiger partial charge in [0.15, 0.2) is 28.7 Å². The van der Waals surface area contributed by atoms with Crippen molar-refractivity contribution in [1.82, 2.24) is 15.3 Å². The minimum absolute atomic E-state index is 0.000560. The highest BCUT2D eigenvalue weighted by molar-refractivity contribution is 6.25. The van der Waals surface area contributed by atoms with Crippen LogP contribution in [0.3, 0.4) is 0 Å². The zero-order chi connectivity index (χ0) is 31.0. The van der Waals surface area contributed by atoms with E-state index < -0.39 is 23.6 Å². The SMILES string of the molecule is COC1=C(NC(C)C(C)=O)C(=O)c2nc(-c3nc(C(=O)O)c(C)c(-c4ccc(OC)c(OC)c4O)c3N)ccc2C1=O. The number of phenols is 1. The number of aromatic hydroxyl groups is 1. The molecule has 13 heteroatoms. The van der Waals surface area contributed by atoms with E-state index in [-0.39, 0.29) is 85.2 Å². The number of nitrogens with two attached hydrogens (primary N) is 1. The predicted molar refractivity (Wildman–Crippen MR) is 150 cm³/mol. The number of nitrogen functional groups attached to an aromatic ring is 1. The summed E-state index contributed by atoms with van der Waals surface area (Å²) in [6, 6.07) is 4.89. The number of methoxy groups -OCH3 is 3. The number of Topliss-reactive ketones (excluding diaryl/α,β-unsaturated/α-hetero) is 3. The molecule has 0 bridgehead atoms. The molecule has 0 fully saturated rings. The molecule has 0 radical (unpaired) electrons. The molecule has 5 N–H and O–H groups in total. The van der Waals surface area contributed by atoms with Crippen LogP contribution in [0, 0.1) is 6.92 Å². The Kier molecular flexibility index (Phi) is 7.87. The fraction of sp³-hybridized carbons (Fsp3) is 0.241. The van der Waals surface area contributed by atoms with E-state index in [0.717, 1.165) is 0 Å². The first-order valence-corrected chi connectivity index (χ1v) is 12.5. The number of aromatic nitrogens is 2. The summed E-state index contributed by atoms with van der Waals surface area (Å²) in [6.45, 7) is 4.33. The van der Waals surface area contributed by atoms with E-state index >= 15 is 0 Å². The zero-order valence-corrected chi connectivity index (χ0v) is 23.6. The Hall–Kier alpha value is -5.46. The molecule has 1 aliphatic rings. The summed E-state index contributed by atoms with van der Waals surface area (Å²) in [7, 11) is 3.95. The number of carbonyl (C=O) groups is 4. The number of nitrogens with one attached hydrogen (secondary N) is 1. The van der Waals surface area contributed by atoms with Gasteiger partial charge in [0.05, 0.1) is 44.3 Å². The van der Waals surface area contributed by atoms with Crippen molar-refractivity contribution in [3.63, 3.8) is 0 Å². The first kappa shape index (κ1) is 29.5. The van der Waals surface area contributed by atoms with Crippen molar-refractivity contribution in [3.05, 3.63) is 58.2 Å². The number of hydrogen-bond acceptors (Lipinski definition) is 12. The largest absolute Gasteiger partial charge is 0.504 e. The van der Waals surface area contributed by atoms with Gasteiger partial charge in [-0.25, -0.2) is 14.8 Å². The number of fused-ring (bicyclic) bond motifs is 1. The van der Waals surface area contributed by atoms with Crippen molar-refractivity contribution in [1.29, 1.82) is 0 Å². The number of hydrogen-bond donors (Lipinski definition) is 4. The van der Waals surface area contributed by atoms with Crippen LogP contribution in [-0.2, 0) is 9.53 Å². The van der Waals surface area contributed by atoms with Gasteiger partial charge in [0.2, 0.25) is 17.3 Å². The number of carbonyl (C=O) groups excluding carboxylic acids is 3. The van der Waals surface area contributed by atoms with E-state index in [1.165, 1.54) is 66.4 Å². The molecule has 1 aliphatic carbocycles. The molecule has 13 nitrogen and oxygen atoms in total. The summed E-state index contributed by atoms with van der Waals surface area (Å²) in [6.07, 6.45) is 0. The molecule has 4 rings (SSSR count). The minimum Gasteiger partial charge on any atom is -0.504 e. The molecule has 0 amide bonds. The van der Waals surface area contributed by atoms with Crippen LogP contribution in [0.2, 0.25) is 0 Å². The van der Waals surface area contributed by atoms with Gasteiger partial charge in [-0.3, -0.25) is 14.4 Å². The molecule has 1 unspecified atom stereocenters. The molecular formula is C29H28N4O9. The van der Waals surface area contributed by atoms with E-state index in [9.17, 15) is 29.4 Å². The quantitative estimate of drug-likeness (QED) is 0.290. The zero-order valence-electron chi connectivity index (χ0n) is 23.6. The number of pyridine rings is 2. The van der Waals surface area contributed by atoms with Crippen LogP contribution in [0.5, 0.6) is 17.2 Å². The van der Waals surface area contributed by atoms with Crippen molar-refractivity contribution in [2.24, 2.45) is 0 Å². The predicted octanol–water partition coefficient (Wildman–Crippen LogP) is 2.93. The van der Waals surface area contributed by atoms with Crippen LogP contribution in [-0.4, -0.2) is 70.9 Å². The molecule has 1 atom stereocenters. The number of rotatable bonds is 9. The number of carboxylic acids is 1. The second-order valence-corrected chi connectivity index (χ2v) is 9.36. The molecule has 3 aromatic rings. The van der Waals surface area contributed by atoms with E-state index in [1.807, 2.05) is 0 Å². The number of ether oxygens (including phenoxy) is 3. The third-order valence-electron chi connectivity index (χ3n) is 6.90. The van der Waals surface area contributed by atoms with Crippen molar-refractivity contribution in [2.75, 3.05) is 27.1 Å². The molecule has 0 spiro atoms. The van der Waals surface area contributed by atoms with Gasteiger partial charge in [-0.05, 0) is 50.6 Å². The van der Waals surface area contributed by atoms with Gasteiger partial charge < -0.3 is 35.5 Å². The lowest BCUT2D eigenvalue weighted by Gasteiger charge is -2.23. The van der Waals surface area contributed by atoms with Crippen molar-refractivity contribution in [3.8, 4) is 39.8 Å². The molecule has 2 heterocycles. The fourth-order valence-corrected chi connectivity index (χ4v) is 4.61. The Morgan fingerprint density at radius 3 is 2.19 bits per heavy atom. The third-order valence-corrected chi connectivity index (χ3v) is 6.90. The number of anilines is 1. The van der Waals surface area contributed by atoms with E-state index in [1.54, 1.807) is 0 Å². The maximum absolute atomic E-state index is 13.5. The Bertz CT molecular complexity index is 1710. The number of phenolic OH excluding ortho intramolecular Hbond substituents is 1. The number of benzene rings is 1. The normalized spacial score (nSPS) is 13.4. The molecule has 1 aromatic carbocycles. The first-order valence-electron chi connectivity index (χ1n) is 12.5. The summed E-state index contributed by atoms with van der Waals surface area (Å²) < 4.78 is 15.7. The highest BCUT2D eigenvalue weighted by Gasteiger charge is 2.36. The van der Waals surface area contributed by atoms with E-state index in [0.29, 0.717) is 0 Å². The minimum atomic E-state index is -1.38. The van der Waals surface area contributed by atoms with Crippen LogP contribution >= 0.6 is 0 Å². The van der Waals surface area contributed by atoms with Gasteiger partial charge in [-0.1, -0.05) is 0 Å². The topological polar surface area (TPSA) is 200 Å². The lowest BCUT2D eigenvalue weighted by Crippen LogP contribution is -2.39. The number of carboxylic acid groups (broad SMARTS) is 1. The Labute approximate surface area is 239 Å². The Balaban J connectivity index is 1.96. The monoisotopic (exact) mass is 576 g/mol. The Morgan fingerprint density at radius 1 is 0.952 bits per heavy atom. The van der Waals surface area contributed by atoms with Crippen LogP contribution in [0.15, 0.2) is 35.7 Å². The summed E-state index contributed by atoms with van der Waals surface area (Å²) in [5.74, 6) is -3.43. The van der Waals surface area contributed by atoms with Gasteiger partial charge in [0.1, 0.15) is 17.1 Å². The molecule has 42 heavy (non-hydrogen) atoms. The average molecular weight is 577 g/mol. The summed E-state index contributed by atoms with van der Waals surface area (Å²) >= 11 is 0. The van der Waals surface area contributed by atoms with Crippen LogP contribution < -0.4 is 20.5 Å². The van der Waals surface area contributed by atoms with Gasteiger partial charge >= 0.3 is 5.97 Å². The van der Waals surface area contributed by atoms with Crippen molar-refractivity contribution in [2.45, 2.75) is 26.8 Å². The van der Waals surface area contributed by atoms with Gasteiger partial charge in [-0.15, -0.1) is 0 Å². The first-order chi connectivity index (χ1) is 19.9. The van der Waals surface area contributed by atoms with Crippen molar-refractivity contribution < 1.29 is 43.6 Å². The lowest BCUT2D eigenvalue weighted by molar-refractivity contribution is -0.118. The highest BCUT2D eigenvalue weighted by Crippen LogP contribution is 2.47. The summed E-state index contributed by atoms with van der Waals surface area (Å²) in [4.78, 5) is 59.4. The number of allylic oxidation sites excluding steroid dienone is 2. The fourth-order valence-electron chi connectivity index (χ4n) is 4.61. The molecule has 0 saturated carbocycles. The smallest absolute Gasteiger partial charge is 0.354 e. The molecular weight excluding hydrogens is 548 g/mol. The second-order valence-electron chi connectivity index (χ2n) is 9.36. The van der Waals surface area contributed by atoms with E-state index in [4.69, 9.17) is 19.9 Å². The lowest BCUT2D eigenvalue weighted by atomic mass is 9.92. The van der Waals surface area contributed by atoms with Crippen LogP contribution in [0.25, 0.3) is 22.5 Å². The summed E-state index contributed by atoms with van der Waals surface area (Å²) in [5.41, 5.74) is 5.81. The molecule has 0 aliphatic heterocycles. The van der Waals surface area contributed by atoms with Crippen molar-refractivity contribution >= 4 is 29.0 Å². The number of nitrogens with zero attached hydrogens (tertiary/aromatic N) is 2. The van der Waals surface area contributed by atoms with Gasteiger partial charge in [0.25, 0.3) is 0 Å². The average Bonchev–Trinajstić information content (AvgIpc) is 2.96. The second kappa shape index (κ2) is 11.2. The molecule has 2 aromatic heterocycles. The maximum atomic E-state index is 13.5. The highest BCUT2D eigenvalue weighted by atomic mass is 16.5. The summed E-state index contributed by atoms with van der Waals surface area (Å²) in [5, 5.41) is 23.7. The van der Waals surface area contributed by atoms with Gasteiger partial charge in [-0.2, -0.15) is 0 Å². The maximum Gasteiger partial charge on any atom is 0.354 e. The third kappa shape index (κ3) is 4.74.